The molecule has 0 aliphatic heterocycles. The zero-order valence-electron chi connectivity index (χ0n) is 11.7. The van der Waals surface area contributed by atoms with Gasteiger partial charge >= 0.3 is 0 Å². The predicted molar refractivity (Wildman–Crippen MR) is 76.0 cm³/mol. The number of benzene rings is 1. The molecule has 1 amide bonds. The number of aryl methyl sites for hydroxylation is 2. The molecule has 0 saturated carbocycles. The summed E-state index contributed by atoms with van der Waals surface area (Å²) >= 11 is 0. The summed E-state index contributed by atoms with van der Waals surface area (Å²) in [6, 6.07) is 7.51. The number of nitrogens with zero attached hydrogens (tertiary/aromatic N) is 1. The van der Waals surface area contributed by atoms with Crippen molar-refractivity contribution in [2.45, 2.75) is 33.4 Å². The van der Waals surface area contributed by atoms with Crippen LogP contribution in [0.25, 0.3) is 0 Å². The van der Waals surface area contributed by atoms with E-state index in [4.69, 9.17) is 5.11 Å². The Hall–Kier alpha value is -2.14. The Morgan fingerprint density at radius 1 is 1.25 bits per heavy atom. The molecule has 1 aromatic heterocycles. The highest BCUT2D eigenvalue weighted by Gasteiger charge is 2.11. The first kappa shape index (κ1) is 14.3. The van der Waals surface area contributed by atoms with Gasteiger partial charge in [-0.05, 0) is 25.0 Å². The molecular weight excluding hydrogens is 254 g/mol. The fraction of sp³-hybridized carbons (Fsp3) is 0.333. The van der Waals surface area contributed by atoms with Gasteiger partial charge in [0.2, 0.25) is 5.91 Å². The molecule has 106 valence electrons. The van der Waals surface area contributed by atoms with Gasteiger partial charge in [0.1, 0.15) is 0 Å². The third-order valence-corrected chi connectivity index (χ3v) is 3.31. The molecule has 1 heterocycles. The van der Waals surface area contributed by atoms with E-state index in [1.165, 1.54) is 0 Å². The maximum atomic E-state index is 11.9. The first-order valence-corrected chi connectivity index (χ1v) is 6.56. The number of rotatable bonds is 5. The molecule has 2 aromatic rings. The normalized spacial score (nSPS) is 10.6. The largest absolute Gasteiger partial charge is 0.392 e. The molecule has 0 aliphatic rings. The van der Waals surface area contributed by atoms with Crippen LogP contribution in [0, 0.1) is 13.8 Å². The lowest BCUT2D eigenvalue weighted by molar-refractivity contribution is -0.120. The van der Waals surface area contributed by atoms with Gasteiger partial charge in [-0.3, -0.25) is 9.89 Å². The van der Waals surface area contributed by atoms with Crippen LogP contribution in [0.15, 0.2) is 24.3 Å². The molecule has 0 fully saturated rings. The maximum absolute atomic E-state index is 11.9. The van der Waals surface area contributed by atoms with Crippen molar-refractivity contribution >= 4 is 5.91 Å². The SMILES string of the molecule is Cc1n[nH]c(C)c1CC(=O)NCc1ccc(CO)cc1. The van der Waals surface area contributed by atoms with Crippen molar-refractivity contribution in [1.82, 2.24) is 15.5 Å². The molecule has 5 nitrogen and oxygen atoms in total. The number of aromatic amines is 1. The number of amides is 1. The third-order valence-electron chi connectivity index (χ3n) is 3.31. The van der Waals surface area contributed by atoms with Crippen LogP contribution < -0.4 is 5.32 Å². The standard InChI is InChI=1S/C15H19N3O2/c1-10-14(11(2)18-17-10)7-15(20)16-8-12-3-5-13(9-19)6-4-12/h3-6,19H,7-9H2,1-2H3,(H,16,20)(H,17,18). The number of hydrogen-bond acceptors (Lipinski definition) is 3. The summed E-state index contributed by atoms with van der Waals surface area (Å²) in [5.41, 5.74) is 4.63. The van der Waals surface area contributed by atoms with Gasteiger partial charge in [0.05, 0.1) is 18.7 Å². The quantitative estimate of drug-likeness (QED) is 0.770. The maximum Gasteiger partial charge on any atom is 0.224 e. The van der Waals surface area contributed by atoms with Crippen molar-refractivity contribution in [3.05, 3.63) is 52.3 Å². The monoisotopic (exact) mass is 273 g/mol. The first-order valence-electron chi connectivity index (χ1n) is 6.56. The lowest BCUT2D eigenvalue weighted by Crippen LogP contribution is -2.24. The molecule has 20 heavy (non-hydrogen) atoms. The summed E-state index contributed by atoms with van der Waals surface area (Å²) in [6.07, 6.45) is 0.336. The number of H-pyrrole nitrogens is 1. The van der Waals surface area contributed by atoms with Crippen molar-refractivity contribution in [2.24, 2.45) is 0 Å². The minimum absolute atomic E-state index is 0.0242. The van der Waals surface area contributed by atoms with E-state index >= 15 is 0 Å². The van der Waals surface area contributed by atoms with Crippen LogP contribution in [0.4, 0.5) is 0 Å². The summed E-state index contributed by atoms with van der Waals surface area (Å²) < 4.78 is 0. The number of carbonyl (C=O) groups is 1. The zero-order valence-corrected chi connectivity index (χ0v) is 11.7. The van der Waals surface area contributed by atoms with Gasteiger partial charge in [0.25, 0.3) is 0 Å². The van der Waals surface area contributed by atoms with E-state index in [0.29, 0.717) is 13.0 Å². The topological polar surface area (TPSA) is 78.0 Å². The van der Waals surface area contributed by atoms with Crippen LogP contribution >= 0.6 is 0 Å². The van der Waals surface area contributed by atoms with Crippen LogP contribution in [0.3, 0.4) is 0 Å². The average molecular weight is 273 g/mol. The molecule has 0 radical (unpaired) electrons. The van der Waals surface area contributed by atoms with Crippen molar-refractivity contribution in [1.29, 1.82) is 0 Å². The molecule has 2 rings (SSSR count). The van der Waals surface area contributed by atoms with Gasteiger partial charge in [-0.25, -0.2) is 0 Å². The number of aliphatic hydroxyl groups excluding tert-OH is 1. The Bertz CT molecular complexity index is 568. The summed E-state index contributed by atoms with van der Waals surface area (Å²) in [5, 5.41) is 18.8. The van der Waals surface area contributed by atoms with E-state index in [1.54, 1.807) is 0 Å². The molecule has 0 saturated heterocycles. The molecule has 5 heteroatoms. The summed E-state index contributed by atoms with van der Waals surface area (Å²) in [7, 11) is 0. The second kappa shape index (κ2) is 6.34. The van der Waals surface area contributed by atoms with Crippen LogP contribution in [0.5, 0.6) is 0 Å². The molecule has 0 atom stereocenters. The summed E-state index contributed by atoms with van der Waals surface area (Å²) in [5.74, 6) is -0.0242. The van der Waals surface area contributed by atoms with E-state index in [-0.39, 0.29) is 12.5 Å². The Balaban J connectivity index is 1.89. The van der Waals surface area contributed by atoms with E-state index in [1.807, 2.05) is 38.1 Å². The molecule has 3 N–H and O–H groups in total. The van der Waals surface area contributed by atoms with Crippen molar-refractivity contribution in [2.75, 3.05) is 0 Å². The smallest absolute Gasteiger partial charge is 0.224 e. The van der Waals surface area contributed by atoms with Gasteiger partial charge in [-0.2, -0.15) is 5.10 Å². The zero-order chi connectivity index (χ0) is 14.5. The lowest BCUT2D eigenvalue weighted by atomic mass is 10.1. The number of nitrogens with one attached hydrogen (secondary N) is 2. The highest BCUT2D eigenvalue weighted by Crippen LogP contribution is 2.10. The molecular formula is C15H19N3O2. The Labute approximate surface area is 118 Å². The van der Waals surface area contributed by atoms with Gasteiger partial charge in [0.15, 0.2) is 0 Å². The van der Waals surface area contributed by atoms with Gasteiger partial charge < -0.3 is 10.4 Å². The lowest BCUT2D eigenvalue weighted by Gasteiger charge is -2.06. The second-order valence-electron chi connectivity index (χ2n) is 4.84. The molecule has 1 aromatic carbocycles. The van der Waals surface area contributed by atoms with Crippen LogP contribution in [-0.2, 0) is 24.4 Å². The van der Waals surface area contributed by atoms with E-state index in [2.05, 4.69) is 15.5 Å². The molecule has 0 aliphatic carbocycles. The Morgan fingerprint density at radius 2 is 1.90 bits per heavy atom. The number of hydrogen-bond donors (Lipinski definition) is 3. The Morgan fingerprint density at radius 3 is 2.45 bits per heavy atom. The average Bonchev–Trinajstić information content (AvgIpc) is 2.77. The van der Waals surface area contributed by atoms with Gasteiger partial charge in [0, 0.05) is 17.8 Å². The predicted octanol–water partition coefficient (Wildman–Crippen LogP) is 1.38. The number of carbonyl (C=O) groups excluding carboxylic acids is 1. The number of aliphatic hydroxyl groups is 1. The fourth-order valence-electron chi connectivity index (χ4n) is 2.02. The summed E-state index contributed by atoms with van der Waals surface area (Å²) in [4.78, 5) is 11.9. The van der Waals surface area contributed by atoms with E-state index in [0.717, 1.165) is 28.1 Å². The molecule has 0 bridgehead atoms. The van der Waals surface area contributed by atoms with Gasteiger partial charge in [-0.1, -0.05) is 24.3 Å². The minimum Gasteiger partial charge on any atom is -0.392 e. The Kier molecular flexibility index (Phi) is 4.53. The first-order chi connectivity index (χ1) is 9.60. The third kappa shape index (κ3) is 3.45. The van der Waals surface area contributed by atoms with E-state index in [9.17, 15) is 4.79 Å². The van der Waals surface area contributed by atoms with Crippen molar-refractivity contribution in [3.63, 3.8) is 0 Å². The van der Waals surface area contributed by atoms with Crippen molar-refractivity contribution in [3.8, 4) is 0 Å². The van der Waals surface area contributed by atoms with E-state index < -0.39 is 0 Å². The number of aromatic nitrogens is 2. The highest BCUT2D eigenvalue weighted by molar-refractivity contribution is 5.79. The summed E-state index contributed by atoms with van der Waals surface area (Å²) in [6.45, 7) is 4.32. The highest BCUT2D eigenvalue weighted by atomic mass is 16.3. The van der Waals surface area contributed by atoms with Crippen molar-refractivity contribution < 1.29 is 9.90 Å². The van der Waals surface area contributed by atoms with Crippen LogP contribution in [-0.4, -0.2) is 21.2 Å². The fourth-order valence-corrected chi connectivity index (χ4v) is 2.02. The minimum atomic E-state index is -0.0242. The second-order valence-corrected chi connectivity index (χ2v) is 4.84. The van der Waals surface area contributed by atoms with Crippen LogP contribution in [0.1, 0.15) is 28.1 Å². The van der Waals surface area contributed by atoms with Crippen LogP contribution in [0.2, 0.25) is 0 Å². The molecule has 0 unspecified atom stereocenters. The molecule has 0 spiro atoms. The van der Waals surface area contributed by atoms with Gasteiger partial charge in [-0.15, -0.1) is 0 Å².